The van der Waals surface area contributed by atoms with E-state index in [0.29, 0.717) is 0 Å². The highest BCUT2D eigenvalue weighted by molar-refractivity contribution is 5.74. The minimum absolute atomic E-state index is 0.256. The number of rotatable bonds is 4. The van der Waals surface area contributed by atoms with E-state index in [1.165, 1.54) is 7.11 Å². The molecule has 0 N–H and O–H groups in total. The van der Waals surface area contributed by atoms with Crippen LogP contribution in [-0.4, -0.2) is 24.8 Å². The molecule has 0 aromatic rings. The summed E-state index contributed by atoms with van der Waals surface area (Å²) >= 11 is 0. The summed E-state index contributed by atoms with van der Waals surface area (Å²) in [6.45, 7) is 7.62. The van der Waals surface area contributed by atoms with Crippen molar-refractivity contribution >= 4 is 5.97 Å². The number of carbonyl (C=O) groups is 1. The van der Waals surface area contributed by atoms with E-state index in [2.05, 4.69) is 4.74 Å². The molecule has 0 aliphatic heterocycles. The van der Waals surface area contributed by atoms with Gasteiger partial charge in [0.15, 0.2) is 6.10 Å². The zero-order valence-electron chi connectivity index (χ0n) is 8.51. The van der Waals surface area contributed by atoms with Crippen LogP contribution in [0.2, 0.25) is 0 Å². The Morgan fingerprint density at radius 2 is 2.00 bits per heavy atom. The smallest absolute Gasteiger partial charge is 0.334 e. The quantitative estimate of drug-likeness (QED) is 0.609. The van der Waals surface area contributed by atoms with Crippen LogP contribution in [0.5, 0.6) is 0 Å². The lowest BCUT2D eigenvalue weighted by atomic mass is 10.1. The minimum Gasteiger partial charge on any atom is -0.467 e. The molecule has 1 unspecified atom stereocenters. The molecule has 0 rings (SSSR count). The second-order valence-corrected chi connectivity index (χ2v) is 3.40. The molecule has 3 nitrogen and oxygen atoms in total. The van der Waals surface area contributed by atoms with Gasteiger partial charge in [-0.05, 0) is 27.2 Å². The van der Waals surface area contributed by atoms with Gasteiger partial charge < -0.3 is 9.47 Å². The van der Waals surface area contributed by atoms with Gasteiger partial charge in [-0.25, -0.2) is 4.79 Å². The normalized spacial score (nSPS) is 14.1. The molecule has 0 bridgehead atoms. The first-order valence-corrected chi connectivity index (χ1v) is 4.18. The molecule has 0 saturated carbocycles. The van der Waals surface area contributed by atoms with Crippen LogP contribution in [0, 0.1) is 0 Å². The summed E-state index contributed by atoms with van der Waals surface area (Å²) < 4.78 is 10.0. The molecule has 0 spiro atoms. The maximum absolute atomic E-state index is 11.0. The summed E-state index contributed by atoms with van der Waals surface area (Å²) in [6, 6.07) is 0. The van der Waals surface area contributed by atoms with E-state index in [4.69, 9.17) is 4.74 Å². The molecule has 0 radical (unpaired) electrons. The fourth-order valence-electron chi connectivity index (χ4n) is 0.776. The lowest BCUT2D eigenvalue weighted by Crippen LogP contribution is -2.33. The third-order valence-corrected chi connectivity index (χ3v) is 1.88. The number of ether oxygens (including phenoxy) is 2. The third-order valence-electron chi connectivity index (χ3n) is 1.88. The van der Waals surface area contributed by atoms with Gasteiger partial charge in [-0.15, -0.1) is 0 Å². The fourth-order valence-corrected chi connectivity index (χ4v) is 0.776. The summed E-state index contributed by atoms with van der Waals surface area (Å²) in [7, 11) is 1.36. The van der Waals surface area contributed by atoms with Crippen molar-refractivity contribution in [1.82, 2.24) is 0 Å². The summed E-state index contributed by atoms with van der Waals surface area (Å²) in [5.74, 6) is -0.323. The van der Waals surface area contributed by atoms with Crippen molar-refractivity contribution < 1.29 is 14.3 Å². The molecule has 0 aromatic heterocycles. The summed E-state index contributed by atoms with van der Waals surface area (Å²) in [5.41, 5.74) is -0.256. The van der Waals surface area contributed by atoms with E-state index in [-0.39, 0.29) is 11.6 Å². The zero-order valence-corrected chi connectivity index (χ0v) is 8.51. The average molecular weight is 174 g/mol. The van der Waals surface area contributed by atoms with Gasteiger partial charge in [-0.3, -0.25) is 0 Å². The maximum Gasteiger partial charge on any atom is 0.334 e. The summed E-state index contributed by atoms with van der Waals surface area (Å²) in [6.07, 6.45) is 0.388. The second-order valence-electron chi connectivity index (χ2n) is 3.40. The highest BCUT2D eigenvalue weighted by Crippen LogP contribution is 2.16. The minimum atomic E-state index is -0.482. The largest absolute Gasteiger partial charge is 0.467 e. The van der Waals surface area contributed by atoms with Crippen molar-refractivity contribution in [2.45, 2.75) is 45.8 Å². The first-order valence-electron chi connectivity index (χ1n) is 4.18. The Labute approximate surface area is 74.0 Å². The standard InChI is InChI=1S/C9H18O3/c1-6-9(3,4)12-7(2)8(10)11-5/h7H,6H2,1-5H3. The Hall–Kier alpha value is -0.570. The van der Waals surface area contributed by atoms with Crippen LogP contribution < -0.4 is 0 Å². The van der Waals surface area contributed by atoms with Crippen LogP contribution in [0.1, 0.15) is 34.1 Å². The fraction of sp³-hybridized carbons (Fsp3) is 0.889. The van der Waals surface area contributed by atoms with Crippen molar-refractivity contribution in [1.29, 1.82) is 0 Å². The highest BCUT2D eigenvalue weighted by atomic mass is 16.6. The molecule has 3 heteroatoms. The topological polar surface area (TPSA) is 35.5 Å². The molecule has 0 heterocycles. The van der Waals surface area contributed by atoms with Crippen LogP contribution in [0.25, 0.3) is 0 Å². The van der Waals surface area contributed by atoms with Crippen molar-refractivity contribution in [2.24, 2.45) is 0 Å². The molecule has 12 heavy (non-hydrogen) atoms. The van der Waals surface area contributed by atoms with Gasteiger partial charge in [-0.1, -0.05) is 6.92 Å². The predicted octanol–water partition coefficient (Wildman–Crippen LogP) is 1.75. The molecule has 1 atom stereocenters. The Bertz CT molecular complexity index is 152. The van der Waals surface area contributed by atoms with Gasteiger partial charge in [0.25, 0.3) is 0 Å². The number of methoxy groups -OCH3 is 1. The lowest BCUT2D eigenvalue weighted by Gasteiger charge is -2.26. The Morgan fingerprint density at radius 1 is 1.50 bits per heavy atom. The number of hydrogen-bond donors (Lipinski definition) is 0. The van der Waals surface area contributed by atoms with E-state index >= 15 is 0 Å². The van der Waals surface area contributed by atoms with E-state index in [1.54, 1.807) is 6.92 Å². The highest BCUT2D eigenvalue weighted by Gasteiger charge is 2.23. The van der Waals surface area contributed by atoms with Crippen LogP contribution >= 0.6 is 0 Å². The van der Waals surface area contributed by atoms with E-state index in [0.717, 1.165) is 6.42 Å². The number of carbonyl (C=O) groups excluding carboxylic acids is 1. The van der Waals surface area contributed by atoms with E-state index in [9.17, 15) is 4.79 Å². The van der Waals surface area contributed by atoms with E-state index < -0.39 is 6.10 Å². The molecule has 72 valence electrons. The first kappa shape index (κ1) is 11.4. The van der Waals surface area contributed by atoms with Crippen molar-refractivity contribution in [3.05, 3.63) is 0 Å². The van der Waals surface area contributed by atoms with Gasteiger partial charge in [0.1, 0.15) is 0 Å². The van der Waals surface area contributed by atoms with Crippen LogP contribution in [0.4, 0.5) is 0 Å². The molecule has 0 fully saturated rings. The first-order chi connectivity index (χ1) is 5.43. The molecule has 0 aliphatic rings. The van der Waals surface area contributed by atoms with Crippen molar-refractivity contribution in [2.75, 3.05) is 7.11 Å². The third kappa shape index (κ3) is 3.72. The van der Waals surface area contributed by atoms with Crippen molar-refractivity contribution in [3.8, 4) is 0 Å². The molecule has 0 amide bonds. The van der Waals surface area contributed by atoms with Gasteiger partial charge >= 0.3 is 5.97 Å². The van der Waals surface area contributed by atoms with Gasteiger partial charge in [0.2, 0.25) is 0 Å². The SMILES string of the molecule is CCC(C)(C)OC(C)C(=O)OC. The van der Waals surface area contributed by atoms with Crippen LogP contribution in [0.15, 0.2) is 0 Å². The maximum atomic E-state index is 11.0. The van der Waals surface area contributed by atoms with Crippen LogP contribution in [0.3, 0.4) is 0 Å². The molecule has 0 aliphatic carbocycles. The monoisotopic (exact) mass is 174 g/mol. The molecular formula is C9H18O3. The van der Waals surface area contributed by atoms with Gasteiger partial charge in [0.05, 0.1) is 12.7 Å². The molecular weight excluding hydrogens is 156 g/mol. The second kappa shape index (κ2) is 4.45. The number of hydrogen-bond acceptors (Lipinski definition) is 3. The predicted molar refractivity (Wildman–Crippen MR) is 46.9 cm³/mol. The van der Waals surface area contributed by atoms with Crippen LogP contribution in [-0.2, 0) is 14.3 Å². The summed E-state index contributed by atoms with van der Waals surface area (Å²) in [4.78, 5) is 11.0. The van der Waals surface area contributed by atoms with Gasteiger partial charge in [0, 0.05) is 0 Å². The molecule has 0 saturated heterocycles. The summed E-state index contributed by atoms with van der Waals surface area (Å²) in [5, 5.41) is 0. The van der Waals surface area contributed by atoms with E-state index in [1.807, 2.05) is 20.8 Å². The Balaban J connectivity index is 3.99. The number of esters is 1. The zero-order chi connectivity index (χ0) is 9.78. The Kier molecular flexibility index (Phi) is 4.24. The molecule has 0 aromatic carbocycles. The lowest BCUT2D eigenvalue weighted by molar-refractivity contribution is -0.163. The Morgan fingerprint density at radius 3 is 2.33 bits per heavy atom. The van der Waals surface area contributed by atoms with Crippen molar-refractivity contribution in [3.63, 3.8) is 0 Å². The van der Waals surface area contributed by atoms with Gasteiger partial charge in [-0.2, -0.15) is 0 Å². The average Bonchev–Trinajstić information content (AvgIpc) is 2.02.